The summed E-state index contributed by atoms with van der Waals surface area (Å²) in [5.41, 5.74) is 1.97. The van der Waals surface area contributed by atoms with Crippen LogP contribution in [0.15, 0.2) is 36.5 Å². The summed E-state index contributed by atoms with van der Waals surface area (Å²) in [7, 11) is 0. The molecule has 1 aromatic heterocycles. The maximum Gasteiger partial charge on any atom is 0.225 e. The van der Waals surface area contributed by atoms with E-state index in [9.17, 15) is 4.79 Å². The van der Waals surface area contributed by atoms with E-state index in [1.807, 2.05) is 46.1 Å². The van der Waals surface area contributed by atoms with Gasteiger partial charge < -0.3 is 4.90 Å². The minimum absolute atomic E-state index is 0.258. The molecule has 2 fully saturated rings. The van der Waals surface area contributed by atoms with Crippen molar-refractivity contribution < 1.29 is 4.79 Å². The van der Waals surface area contributed by atoms with Crippen LogP contribution in [0.25, 0.3) is 11.3 Å². The first-order chi connectivity index (χ1) is 10.8. The first-order valence-corrected chi connectivity index (χ1v) is 8.07. The fraction of sp³-hybridized carbons (Fsp3) is 0.471. The van der Waals surface area contributed by atoms with Gasteiger partial charge in [0.25, 0.3) is 0 Å². The van der Waals surface area contributed by atoms with Crippen molar-refractivity contribution in [1.29, 1.82) is 0 Å². The van der Waals surface area contributed by atoms with E-state index in [-0.39, 0.29) is 12.0 Å². The third-order valence-electron chi connectivity index (χ3n) is 4.88. The summed E-state index contributed by atoms with van der Waals surface area (Å²) in [5.74, 6) is 0.631. The Kier molecular flexibility index (Phi) is 3.41. The zero-order chi connectivity index (χ0) is 14.9. The van der Waals surface area contributed by atoms with E-state index in [4.69, 9.17) is 0 Å². The number of hydrogen-bond acceptors (Lipinski definition) is 3. The third-order valence-corrected chi connectivity index (χ3v) is 4.88. The van der Waals surface area contributed by atoms with Gasteiger partial charge in [-0.25, -0.2) is 4.68 Å². The summed E-state index contributed by atoms with van der Waals surface area (Å²) in [4.78, 5) is 14.3. The van der Waals surface area contributed by atoms with Crippen molar-refractivity contribution in [3.63, 3.8) is 0 Å². The Balaban J connectivity index is 1.45. The number of carbonyl (C=O) groups is 1. The number of benzene rings is 1. The Labute approximate surface area is 129 Å². The second kappa shape index (κ2) is 5.55. The minimum atomic E-state index is 0.258. The van der Waals surface area contributed by atoms with Gasteiger partial charge in [0, 0.05) is 24.6 Å². The van der Waals surface area contributed by atoms with Crippen molar-refractivity contribution >= 4 is 5.91 Å². The summed E-state index contributed by atoms with van der Waals surface area (Å²) in [6, 6.07) is 10.3. The first-order valence-electron chi connectivity index (χ1n) is 8.07. The highest BCUT2D eigenvalue weighted by Gasteiger charge is 2.34. The highest BCUT2D eigenvalue weighted by molar-refractivity contribution is 5.79. The van der Waals surface area contributed by atoms with Crippen LogP contribution in [0.2, 0.25) is 0 Å². The number of likely N-dealkylation sites (tertiary alicyclic amines) is 1. The van der Waals surface area contributed by atoms with Gasteiger partial charge in [-0.05, 0) is 19.3 Å². The Morgan fingerprint density at radius 3 is 2.68 bits per heavy atom. The SMILES string of the molecule is O=C(C1CCC1)N1CC[C@H](n2cc(-c3ccccc3)nn2)C1. The molecule has 2 aromatic rings. The standard InChI is InChI=1S/C17H20N4O/c22-17(14-7-4-8-14)20-10-9-15(11-20)21-12-16(18-19-21)13-5-2-1-3-6-13/h1-3,5-6,12,14-15H,4,7-11H2/t15-/m0/s1. The molecule has 1 atom stereocenters. The highest BCUT2D eigenvalue weighted by Crippen LogP contribution is 2.31. The average Bonchev–Trinajstić information content (AvgIpc) is 3.15. The normalized spacial score (nSPS) is 21.8. The van der Waals surface area contributed by atoms with E-state index in [0.29, 0.717) is 5.91 Å². The van der Waals surface area contributed by atoms with Crippen molar-refractivity contribution in [3.8, 4) is 11.3 Å². The molecule has 5 heteroatoms. The zero-order valence-corrected chi connectivity index (χ0v) is 12.6. The maximum atomic E-state index is 12.3. The largest absolute Gasteiger partial charge is 0.340 e. The fourth-order valence-corrected chi connectivity index (χ4v) is 3.27. The predicted octanol–water partition coefficient (Wildman–Crippen LogP) is 2.52. The molecule has 2 heterocycles. The van der Waals surface area contributed by atoms with E-state index >= 15 is 0 Å². The molecule has 2 aliphatic rings. The van der Waals surface area contributed by atoms with Crippen LogP contribution in [0.3, 0.4) is 0 Å². The molecule has 0 spiro atoms. The number of aromatic nitrogens is 3. The van der Waals surface area contributed by atoms with E-state index in [1.54, 1.807) is 0 Å². The Morgan fingerprint density at radius 1 is 1.14 bits per heavy atom. The van der Waals surface area contributed by atoms with Crippen molar-refractivity contribution in [3.05, 3.63) is 36.5 Å². The second-order valence-corrected chi connectivity index (χ2v) is 6.30. The van der Waals surface area contributed by atoms with Crippen molar-refractivity contribution in [2.75, 3.05) is 13.1 Å². The lowest BCUT2D eigenvalue weighted by Gasteiger charge is -2.29. The second-order valence-electron chi connectivity index (χ2n) is 6.30. The van der Waals surface area contributed by atoms with Gasteiger partial charge in [-0.3, -0.25) is 4.79 Å². The summed E-state index contributed by atoms with van der Waals surface area (Å²) in [6.07, 6.45) is 6.31. The summed E-state index contributed by atoms with van der Waals surface area (Å²) >= 11 is 0. The van der Waals surface area contributed by atoms with Crippen LogP contribution in [0, 0.1) is 5.92 Å². The lowest BCUT2D eigenvalue weighted by atomic mass is 9.84. The van der Waals surface area contributed by atoms with Gasteiger partial charge in [-0.1, -0.05) is 42.0 Å². The molecule has 1 aromatic carbocycles. The van der Waals surface area contributed by atoms with Crippen LogP contribution in [-0.4, -0.2) is 38.9 Å². The van der Waals surface area contributed by atoms with E-state index in [1.165, 1.54) is 6.42 Å². The van der Waals surface area contributed by atoms with Gasteiger partial charge in [-0.2, -0.15) is 0 Å². The monoisotopic (exact) mass is 296 g/mol. The van der Waals surface area contributed by atoms with E-state index in [0.717, 1.165) is 43.6 Å². The first kappa shape index (κ1) is 13.5. The molecular weight excluding hydrogens is 276 g/mol. The Bertz CT molecular complexity index is 662. The molecule has 4 rings (SSSR count). The zero-order valence-electron chi connectivity index (χ0n) is 12.6. The van der Waals surface area contributed by atoms with Crippen LogP contribution in [0.4, 0.5) is 0 Å². The van der Waals surface area contributed by atoms with Crippen LogP contribution in [0.1, 0.15) is 31.7 Å². The average molecular weight is 296 g/mol. The molecule has 22 heavy (non-hydrogen) atoms. The summed E-state index contributed by atoms with van der Waals surface area (Å²) in [5, 5.41) is 8.55. The van der Waals surface area contributed by atoms with Crippen LogP contribution in [0.5, 0.6) is 0 Å². The van der Waals surface area contributed by atoms with Gasteiger partial charge in [0.15, 0.2) is 0 Å². The van der Waals surface area contributed by atoms with E-state index in [2.05, 4.69) is 10.3 Å². The van der Waals surface area contributed by atoms with Crippen LogP contribution >= 0.6 is 0 Å². The lowest BCUT2D eigenvalue weighted by Crippen LogP contribution is -2.37. The van der Waals surface area contributed by atoms with Crippen LogP contribution < -0.4 is 0 Å². The van der Waals surface area contributed by atoms with Gasteiger partial charge in [0.1, 0.15) is 5.69 Å². The van der Waals surface area contributed by atoms with Gasteiger partial charge in [-0.15, -0.1) is 5.10 Å². The molecule has 0 bridgehead atoms. The molecule has 1 saturated carbocycles. The number of carbonyl (C=O) groups excluding carboxylic acids is 1. The van der Waals surface area contributed by atoms with E-state index < -0.39 is 0 Å². The quantitative estimate of drug-likeness (QED) is 0.874. The molecule has 0 radical (unpaired) electrons. The summed E-state index contributed by atoms with van der Waals surface area (Å²) in [6.45, 7) is 1.62. The molecule has 0 N–H and O–H groups in total. The molecule has 1 amide bonds. The predicted molar refractivity (Wildman–Crippen MR) is 83.0 cm³/mol. The molecule has 114 valence electrons. The van der Waals surface area contributed by atoms with Crippen molar-refractivity contribution in [1.82, 2.24) is 19.9 Å². The van der Waals surface area contributed by atoms with Gasteiger partial charge in [0.2, 0.25) is 5.91 Å². The molecule has 0 unspecified atom stereocenters. The fourth-order valence-electron chi connectivity index (χ4n) is 3.27. The van der Waals surface area contributed by atoms with Crippen molar-refractivity contribution in [2.24, 2.45) is 5.92 Å². The molecule has 1 saturated heterocycles. The smallest absolute Gasteiger partial charge is 0.225 e. The maximum absolute atomic E-state index is 12.3. The molecule has 1 aliphatic heterocycles. The molecular formula is C17H20N4O. The number of hydrogen-bond donors (Lipinski definition) is 0. The number of amides is 1. The van der Waals surface area contributed by atoms with Gasteiger partial charge >= 0.3 is 0 Å². The minimum Gasteiger partial charge on any atom is -0.340 e. The van der Waals surface area contributed by atoms with Crippen LogP contribution in [-0.2, 0) is 4.79 Å². The van der Waals surface area contributed by atoms with Gasteiger partial charge in [0.05, 0.1) is 12.2 Å². The Morgan fingerprint density at radius 2 is 1.95 bits per heavy atom. The van der Waals surface area contributed by atoms with Crippen molar-refractivity contribution in [2.45, 2.75) is 31.7 Å². The molecule has 5 nitrogen and oxygen atoms in total. The highest BCUT2D eigenvalue weighted by atomic mass is 16.2. The summed E-state index contributed by atoms with van der Waals surface area (Å²) < 4.78 is 1.93. The lowest BCUT2D eigenvalue weighted by molar-refractivity contribution is -0.137. The number of rotatable bonds is 3. The molecule has 1 aliphatic carbocycles. The topological polar surface area (TPSA) is 51.0 Å². The third kappa shape index (κ3) is 2.40. The number of nitrogens with zero attached hydrogens (tertiary/aromatic N) is 4. The Hall–Kier alpha value is -2.17.